The SMILES string of the molecule is Cc1ccc(CN2CCCC2CCCN)cc1C. The fourth-order valence-corrected chi connectivity index (χ4v) is 2.92. The summed E-state index contributed by atoms with van der Waals surface area (Å²) in [6, 6.07) is 7.62. The Balaban J connectivity index is 1.96. The molecule has 2 N–H and O–H groups in total. The number of hydrogen-bond acceptors (Lipinski definition) is 2. The summed E-state index contributed by atoms with van der Waals surface area (Å²) >= 11 is 0. The van der Waals surface area contributed by atoms with Gasteiger partial charge in [0.1, 0.15) is 0 Å². The lowest BCUT2D eigenvalue weighted by molar-refractivity contribution is 0.232. The Morgan fingerprint density at radius 1 is 1.28 bits per heavy atom. The molecule has 0 aliphatic carbocycles. The maximum absolute atomic E-state index is 5.62. The average Bonchev–Trinajstić information content (AvgIpc) is 2.79. The number of nitrogens with zero attached hydrogens (tertiary/aromatic N) is 1. The van der Waals surface area contributed by atoms with Crippen LogP contribution in [0.5, 0.6) is 0 Å². The topological polar surface area (TPSA) is 29.3 Å². The highest BCUT2D eigenvalue weighted by Crippen LogP contribution is 2.24. The number of nitrogens with two attached hydrogens (primary N) is 1. The summed E-state index contributed by atoms with van der Waals surface area (Å²) in [5, 5.41) is 0. The molecule has 0 spiro atoms. The first-order valence-corrected chi connectivity index (χ1v) is 7.21. The van der Waals surface area contributed by atoms with Crippen LogP contribution in [-0.4, -0.2) is 24.0 Å². The van der Waals surface area contributed by atoms with Crippen molar-refractivity contribution in [2.24, 2.45) is 5.73 Å². The Morgan fingerprint density at radius 2 is 2.11 bits per heavy atom. The van der Waals surface area contributed by atoms with Crippen molar-refractivity contribution in [1.82, 2.24) is 4.90 Å². The molecule has 100 valence electrons. The van der Waals surface area contributed by atoms with Crippen molar-refractivity contribution < 1.29 is 0 Å². The van der Waals surface area contributed by atoms with E-state index in [1.807, 2.05) is 0 Å². The molecular formula is C16H26N2. The second-order valence-corrected chi connectivity index (χ2v) is 5.62. The van der Waals surface area contributed by atoms with E-state index in [0.717, 1.165) is 25.6 Å². The normalized spacial score (nSPS) is 20.5. The van der Waals surface area contributed by atoms with E-state index in [2.05, 4.69) is 36.9 Å². The van der Waals surface area contributed by atoms with Crippen LogP contribution in [0, 0.1) is 13.8 Å². The van der Waals surface area contributed by atoms with Crippen molar-refractivity contribution >= 4 is 0 Å². The Morgan fingerprint density at radius 3 is 2.83 bits per heavy atom. The van der Waals surface area contributed by atoms with Crippen LogP contribution in [0.15, 0.2) is 18.2 Å². The summed E-state index contributed by atoms with van der Waals surface area (Å²) in [7, 11) is 0. The van der Waals surface area contributed by atoms with Gasteiger partial charge in [-0.1, -0.05) is 18.2 Å². The Labute approximate surface area is 111 Å². The molecule has 1 saturated heterocycles. The third kappa shape index (κ3) is 3.33. The molecular weight excluding hydrogens is 220 g/mol. The Hall–Kier alpha value is -0.860. The molecule has 0 amide bonds. The summed E-state index contributed by atoms with van der Waals surface area (Å²) in [4.78, 5) is 2.64. The number of benzene rings is 1. The first-order chi connectivity index (χ1) is 8.70. The molecule has 2 nitrogen and oxygen atoms in total. The Kier molecular flexibility index (Phi) is 4.79. The van der Waals surface area contributed by atoms with Crippen molar-refractivity contribution in [2.45, 2.75) is 52.1 Å². The van der Waals surface area contributed by atoms with Crippen molar-refractivity contribution in [3.63, 3.8) is 0 Å². The third-order valence-electron chi connectivity index (χ3n) is 4.20. The molecule has 0 aromatic heterocycles. The predicted octanol–water partition coefficient (Wildman–Crippen LogP) is 3.01. The molecule has 1 aromatic carbocycles. The minimum atomic E-state index is 0.759. The first-order valence-electron chi connectivity index (χ1n) is 7.21. The van der Waals surface area contributed by atoms with Crippen molar-refractivity contribution in [2.75, 3.05) is 13.1 Å². The van der Waals surface area contributed by atoms with Gasteiger partial charge in [0.05, 0.1) is 0 Å². The van der Waals surface area contributed by atoms with Crippen molar-refractivity contribution in [3.8, 4) is 0 Å². The van der Waals surface area contributed by atoms with E-state index in [-0.39, 0.29) is 0 Å². The molecule has 0 bridgehead atoms. The number of likely N-dealkylation sites (tertiary alicyclic amines) is 1. The maximum Gasteiger partial charge on any atom is 0.0236 e. The second kappa shape index (κ2) is 6.35. The molecule has 1 aromatic rings. The van der Waals surface area contributed by atoms with Crippen LogP contribution in [0.3, 0.4) is 0 Å². The van der Waals surface area contributed by atoms with E-state index >= 15 is 0 Å². The molecule has 1 atom stereocenters. The van der Waals surface area contributed by atoms with Crippen LogP contribution in [0.4, 0.5) is 0 Å². The van der Waals surface area contributed by atoms with Gasteiger partial charge in [-0.2, -0.15) is 0 Å². The van der Waals surface area contributed by atoms with Crippen LogP contribution in [-0.2, 0) is 6.54 Å². The van der Waals surface area contributed by atoms with Gasteiger partial charge < -0.3 is 5.73 Å². The zero-order chi connectivity index (χ0) is 13.0. The van der Waals surface area contributed by atoms with E-state index in [1.54, 1.807) is 0 Å². The Bertz CT molecular complexity index is 387. The molecule has 2 rings (SSSR count). The van der Waals surface area contributed by atoms with Gasteiger partial charge in [-0.05, 0) is 69.3 Å². The van der Waals surface area contributed by atoms with Crippen LogP contribution in [0.2, 0.25) is 0 Å². The van der Waals surface area contributed by atoms with E-state index in [4.69, 9.17) is 5.73 Å². The fraction of sp³-hybridized carbons (Fsp3) is 0.625. The highest BCUT2D eigenvalue weighted by atomic mass is 15.2. The van der Waals surface area contributed by atoms with Gasteiger partial charge in [0.2, 0.25) is 0 Å². The van der Waals surface area contributed by atoms with Crippen LogP contribution in [0.1, 0.15) is 42.4 Å². The lowest BCUT2D eigenvalue weighted by Gasteiger charge is -2.24. The molecule has 0 radical (unpaired) electrons. The van der Waals surface area contributed by atoms with E-state index in [9.17, 15) is 0 Å². The van der Waals surface area contributed by atoms with Gasteiger partial charge in [0.15, 0.2) is 0 Å². The highest BCUT2D eigenvalue weighted by Gasteiger charge is 2.23. The molecule has 1 aliphatic heterocycles. The average molecular weight is 246 g/mol. The van der Waals surface area contributed by atoms with Gasteiger partial charge in [-0.15, -0.1) is 0 Å². The second-order valence-electron chi connectivity index (χ2n) is 5.62. The summed E-state index contributed by atoms with van der Waals surface area (Å²) < 4.78 is 0. The van der Waals surface area contributed by atoms with Gasteiger partial charge in [0.25, 0.3) is 0 Å². The number of rotatable bonds is 5. The maximum atomic E-state index is 5.62. The lowest BCUT2D eigenvalue weighted by atomic mass is 10.0. The van der Waals surface area contributed by atoms with Gasteiger partial charge >= 0.3 is 0 Å². The van der Waals surface area contributed by atoms with Gasteiger partial charge in [0, 0.05) is 12.6 Å². The van der Waals surface area contributed by atoms with E-state index < -0.39 is 0 Å². The standard InChI is InChI=1S/C16H26N2/c1-13-7-8-15(11-14(13)2)12-18-10-4-6-16(18)5-3-9-17/h7-8,11,16H,3-6,9-10,12,17H2,1-2H3. The third-order valence-corrected chi connectivity index (χ3v) is 4.20. The molecule has 1 fully saturated rings. The summed E-state index contributed by atoms with van der Waals surface area (Å²) in [5.74, 6) is 0. The van der Waals surface area contributed by atoms with E-state index in [1.165, 1.54) is 42.5 Å². The van der Waals surface area contributed by atoms with Gasteiger partial charge in [-0.25, -0.2) is 0 Å². The predicted molar refractivity (Wildman–Crippen MR) is 77.6 cm³/mol. The molecule has 0 saturated carbocycles. The first kappa shape index (κ1) is 13.6. The number of hydrogen-bond donors (Lipinski definition) is 1. The summed E-state index contributed by atoms with van der Waals surface area (Å²) in [6.07, 6.45) is 5.13. The smallest absolute Gasteiger partial charge is 0.0236 e. The van der Waals surface area contributed by atoms with E-state index in [0.29, 0.717) is 0 Å². The lowest BCUT2D eigenvalue weighted by Crippen LogP contribution is -2.29. The molecule has 2 heteroatoms. The van der Waals surface area contributed by atoms with Crippen LogP contribution < -0.4 is 5.73 Å². The quantitative estimate of drug-likeness (QED) is 0.865. The largest absolute Gasteiger partial charge is 0.330 e. The molecule has 1 unspecified atom stereocenters. The fourth-order valence-electron chi connectivity index (χ4n) is 2.92. The summed E-state index contributed by atoms with van der Waals surface area (Å²) in [5.41, 5.74) is 9.88. The number of aryl methyl sites for hydroxylation is 2. The highest BCUT2D eigenvalue weighted by molar-refractivity contribution is 5.29. The summed E-state index contributed by atoms with van der Waals surface area (Å²) in [6.45, 7) is 7.57. The molecule has 1 heterocycles. The van der Waals surface area contributed by atoms with Gasteiger partial charge in [-0.3, -0.25) is 4.90 Å². The van der Waals surface area contributed by atoms with Crippen LogP contribution >= 0.6 is 0 Å². The molecule has 18 heavy (non-hydrogen) atoms. The van der Waals surface area contributed by atoms with Crippen molar-refractivity contribution in [3.05, 3.63) is 34.9 Å². The minimum Gasteiger partial charge on any atom is -0.330 e. The van der Waals surface area contributed by atoms with Crippen molar-refractivity contribution in [1.29, 1.82) is 0 Å². The zero-order valence-electron chi connectivity index (χ0n) is 11.8. The zero-order valence-corrected chi connectivity index (χ0v) is 11.8. The van der Waals surface area contributed by atoms with Crippen LogP contribution in [0.25, 0.3) is 0 Å². The monoisotopic (exact) mass is 246 g/mol. The minimum absolute atomic E-state index is 0.759. The molecule has 1 aliphatic rings.